The van der Waals surface area contributed by atoms with E-state index in [0.29, 0.717) is 0 Å². The second-order valence-corrected chi connectivity index (χ2v) is 4.37. The molecular weight excluding hydrogens is 309 g/mol. The quantitative estimate of drug-likeness (QED) is 0.835. The maximum atomic E-state index is 12.4. The summed E-state index contributed by atoms with van der Waals surface area (Å²) in [4.78, 5) is 18.8. The third kappa shape index (κ3) is 3.82. The van der Waals surface area contributed by atoms with Crippen LogP contribution >= 0.6 is 11.6 Å². The first-order valence-corrected chi connectivity index (χ1v) is 5.91. The first-order valence-electron chi connectivity index (χ1n) is 5.53. The van der Waals surface area contributed by atoms with Crippen LogP contribution in [0.1, 0.15) is 16.1 Å². The Bertz CT molecular complexity index is 653. The molecule has 2 heterocycles. The summed E-state index contributed by atoms with van der Waals surface area (Å²) in [6.07, 6.45) is -3.62. The van der Waals surface area contributed by atoms with E-state index >= 15 is 0 Å². The van der Waals surface area contributed by atoms with E-state index in [0.717, 1.165) is 18.3 Å². The summed E-state index contributed by atoms with van der Waals surface area (Å²) in [5.41, 5.74) is 4.64. The van der Waals surface area contributed by atoms with Crippen LogP contribution < -0.4 is 11.1 Å². The summed E-state index contributed by atoms with van der Waals surface area (Å²) in [5.74, 6) is -0.536. The highest BCUT2D eigenvalue weighted by Gasteiger charge is 2.32. The minimum absolute atomic E-state index is 0.0331. The van der Waals surface area contributed by atoms with Crippen LogP contribution in [0.4, 0.5) is 24.7 Å². The Labute approximate surface area is 122 Å². The van der Waals surface area contributed by atoms with Crippen LogP contribution in [0.15, 0.2) is 30.5 Å². The Morgan fingerprint density at radius 1 is 1.29 bits per heavy atom. The molecule has 2 aromatic rings. The van der Waals surface area contributed by atoms with Crippen molar-refractivity contribution in [3.05, 3.63) is 46.9 Å². The van der Waals surface area contributed by atoms with Gasteiger partial charge in [-0.25, -0.2) is 9.97 Å². The Kier molecular flexibility index (Phi) is 3.99. The van der Waals surface area contributed by atoms with Gasteiger partial charge in [-0.2, -0.15) is 13.2 Å². The Balaban J connectivity index is 2.16. The van der Waals surface area contributed by atoms with Gasteiger partial charge >= 0.3 is 6.18 Å². The molecule has 0 spiro atoms. The molecule has 21 heavy (non-hydrogen) atoms. The molecule has 110 valence electrons. The molecule has 1 amide bonds. The van der Waals surface area contributed by atoms with Crippen LogP contribution in [0.3, 0.4) is 0 Å². The number of amides is 1. The molecule has 0 aliphatic heterocycles. The number of aromatic nitrogens is 2. The summed E-state index contributed by atoms with van der Waals surface area (Å²) >= 11 is 5.66. The number of hydrogen-bond acceptors (Lipinski definition) is 4. The second-order valence-electron chi connectivity index (χ2n) is 3.99. The Hall–Kier alpha value is -2.35. The largest absolute Gasteiger partial charge is 0.433 e. The minimum atomic E-state index is -4.53. The number of halogens is 4. The minimum Gasteiger partial charge on any atom is -0.384 e. The standard InChI is InChI=1S/C12H8ClF3N4O/c13-9-3-6(4-10(17)20-9)11(21)19-7-1-2-8(18-5-7)12(14,15)16/h1-5H,(H2,17,20)(H,19,21). The summed E-state index contributed by atoms with van der Waals surface area (Å²) in [7, 11) is 0. The van der Waals surface area contributed by atoms with Gasteiger partial charge < -0.3 is 11.1 Å². The lowest BCUT2D eigenvalue weighted by molar-refractivity contribution is -0.141. The van der Waals surface area contributed by atoms with Crippen molar-refractivity contribution < 1.29 is 18.0 Å². The summed E-state index contributed by atoms with van der Waals surface area (Å²) < 4.78 is 37.1. The molecule has 0 aromatic carbocycles. The van der Waals surface area contributed by atoms with Gasteiger partial charge in [0.05, 0.1) is 11.9 Å². The van der Waals surface area contributed by atoms with E-state index in [1.54, 1.807) is 0 Å². The van der Waals surface area contributed by atoms with Crippen molar-refractivity contribution in [2.45, 2.75) is 6.18 Å². The van der Waals surface area contributed by atoms with Gasteiger partial charge in [0.1, 0.15) is 16.7 Å². The molecule has 2 aromatic heterocycles. The molecule has 0 fully saturated rings. The van der Waals surface area contributed by atoms with Crippen molar-refractivity contribution >= 4 is 29.0 Å². The smallest absolute Gasteiger partial charge is 0.384 e. The molecule has 0 saturated carbocycles. The number of carbonyl (C=O) groups excluding carboxylic acids is 1. The molecule has 0 radical (unpaired) electrons. The van der Waals surface area contributed by atoms with Crippen LogP contribution in [0.25, 0.3) is 0 Å². The first-order chi connectivity index (χ1) is 9.75. The van der Waals surface area contributed by atoms with E-state index in [9.17, 15) is 18.0 Å². The fourth-order valence-corrected chi connectivity index (χ4v) is 1.70. The Morgan fingerprint density at radius 3 is 2.52 bits per heavy atom. The second kappa shape index (κ2) is 5.57. The lowest BCUT2D eigenvalue weighted by Gasteiger charge is -2.08. The van der Waals surface area contributed by atoms with E-state index in [1.807, 2.05) is 0 Å². The third-order valence-corrected chi connectivity index (χ3v) is 2.58. The maximum absolute atomic E-state index is 12.4. The van der Waals surface area contributed by atoms with E-state index < -0.39 is 17.8 Å². The SMILES string of the molecule is Nc1cc(C(=O)Nc2ccc(C(F)(F)F)nc2)cc(Cl)n1. The zero-order valence-corrected chi connectivity index (χ0v) is 11.0. The van der Waals surface area contributed by atoms with Gasteiger partial charge in [-0.15, -0.1) is 0 Å². The summed E-state index contributed by atoms with van der Waals surface area (Å²) in [6, 6.07) is 4.44. The summed E-state index contributed by atoms with van der Waals surface area (Å²) in [5, 5.41) is 2.41. The number of hydrogen-bond donors (Lipinski definition) is 2. The number of alkyl halides is 3. The maximum Gasteiger partial charge on any atom is 0.433 e. The average molecular weight is 317 g/mol. The fraction of sp³-hybridized carbons (Fsp3) is 0.0833. The van der Waals surface area contributed by atoms with E-state index in [-0.39, 0.29) is 22.2 Å². The van der Waals surface area contributed by atoms with Crippen LogP contribution in [0.5, 0.6) is 0 Å². The lowest BCUT2D eigenvalue weighted by Crippen LogP contribution is -2.14. The number of carbonyl (C=O) groups is 1. The lowest BCUT2D eigenvalue weighted by atomic mass is 10.2. The van der Waals surface area contributed by atoms with Crippen LogP contribution in [-0.4, -0.2) is 15.9 Å². The monoisotopic (exact) mass is 316 g/mol. The van der Waals surface area contributed by atoms with Crippen molar-refractivity contribution in [2.24, 2.45) is 0 Å². The predicted octanol–water partition coefficient (Wildman–Crippen LogP) is 2.98. The highest BCUT2D eigenvalue weighted by Crippen LogP contribution is 2.27. The average Bonchev–Trinajstić information content (AvgIpc) is 2.37. The fourth-order valence-electron chi connectivity index (χ4n) is 1.49. The van der Waals surface area contributed by atoms with Gasteiger partial charge in [0, 0.05) is 5.56 Å². The number of nitrogen functional groups attached to an aromatic ring is 1. The predicted molar refractivity (Wildman–Crippen MR) is 70.9 cm³/mol. The number of nitrogens with one attached hydrogen (secondary N) is 1. The molecule has 9 heteroatoms. The molecule has 0 aliphatic rings. The zero-order chi connectivity index (χ0) is 15.6. The normalized spacial score (nSPS) is 11.2. The van der Waals surface area contributed by atoms with Gasteiger partial charge in [-0.3, -0.25) is 4.79 Å². The molecule has 3 N–H and O–H groups in total. The molecule has 0 unspecified atom stereocenters. The van der Waals surface area contributed by atoms with Crippen molar-refractivity contribution in [2.75, 3.05) is 11.1 Å². The van der Waals surface area contributed by atoms with Crippen molar-refractivity contribution in [1.29, 1.82) is 0 Å². The van der Waals surface area contributed by atoms with Crippen LogP contribution in [-0.2, 0) is 6.18 Å². The highest BCUT2D eigenvalue weighted by molar-refractivity contribution is 6.30. The van der Waals surface area contributed by atoms with Crippen LogP contribution in [0.2, 0.25) is 5.15 Å². The Morgan fingerprint density at radius 2 is 2.00 bits per heavy atom. The van der Waals surface area contributed by atoms with Gasteiger partial charge in [-0.1, -0.05) is 11.6 Å². The zero-order valence-electron chi connectivity index (χ0n) is 10.3. The van der Waals surface area contributed by atoms with E-state index in [4.69, 9.17) is 17.3 Å². The molecule has 2 rings (SSSR count). The van der Waals surface area contributed by atoms with Crippen molar-refractivity contribution in [3.63, 3.8) is 0 Å². The molecule has 0 atom stereocenters. The molecular formula is C12H8ClF3N4O. The summed E-state index contributed by atoms with van der Waals surface area (Å²) in [6.45, 7) is 0. The van der Waals surface area contributed by atoms with E-state index in [2.05, 4.69) is 15.3 Å². The molecule has 0 saturated heterocycles. The van der Waals surface area contributed by atoms with Gasteiger partial charge in [0.2, 0.25) is 0 Å². The van der Waals surface area contributed by atoms with Crippen molar-refractivity contribution in [3.8, 4) is 0 Å². The number of pyridine rings is 2. The van der Waals surface area contributed by atoms with Crippen LogP contribution in [0, 0.1) is 0 Å². The van der Waals surface area contributed by atoms with Gasteiger partial charge in [-0.05, 0) is 24.3 Å². The highest BCUT2D eigenvalue weighted by atomic mass is 35.5. The molecule has 5 nitrogen and oxygen atoms in total. The number of nitrogens with two attached hydrogens (primary N) is 1. The topological polar surface area (TPSA) is 80.9 Å². The van der Waals surface area contributed by atoms with Gasteiger partial charge in [0.15, 0.2) is 0 Å². The van der Waals surface area contributed by atoms with Crippen molar-refractivity contribution in [1.82, 2.24) is 9.97 Å². The molecule has 0 bridgehead atoms. The number of anilines is 2. The number of nitrogens with zero attached hydrogens (tertiary/aromatic N) is 2. The number of rotatable bonds is 2. The third-order valence-electron chi connectivity index (χ3n) is 2.39. The molecule has 0 aliphatic carbocycles. The van der Waals surface area contributed by atoms with Gasteiger partial charge in [0.25, 0.3) is 5.91 Å². The first kappa shape index (κ1) is 15.0. The van der Waals surface area contributed by atoms with E-state index in [1.165, 1.54) is 12.1 Å².